The van der Waals surface area contributed by atoms with Crippen LogP contribution in [-0.2, 0) is 6.42 Å². The Bertz CT molecular complexity index is 909. The maximum atomic E-state index is 14.4. The molecule has 4 rings (SSSR count). The fraction of sp³-hybridized carbons (Fsp3) is 0.350. The van der Waals surface area contributed by atoms with E-state index in [-0.39, 0.29) is 23.5 Å². The second kappa shape index (κ2) is 7.65. The van der Waals surface area contributed by atoms with E-state index in [1.807, 2.05) is 12.1 Å². The number of nitrogens with zero attached hydrogens (tertiary/aromatic N) is 2. The molecule has 27 heavy (non-hydrogen) atoms. The fourth-order valence-corrected chi connectivity index (χ4v) is 4.48. The lowest BCUT2D eigenvalue weighted by atomic mass is 10.1. The summed E-state index contributed by atoms with van der Waals surface area (Å²) in [5.74, 6) is -0.419. The summed E-state index contributed by atoms with van der Waals surface area (Å²) in [6, 6.07) is 9.83. The molecule has 0 amide bonds. The van der Waals surface area contributed by atoms with Gasteiger partial charge in [0.15, 0.2) is 11.6 Å². The number of hydrogen-bond acceptors (Lipinski definition) is 4. The van der Waals surface area contributed by atoms with Crippen LogP contribution in [-0.4, -0.2) is 37.1 Å². The molecule has 2 aromatic carbocycles. The first-order valence-corrected chi connectivity index (χ1v) is 9.61. The summed E-state index contributed by atoms with van der Waals surface area (Å²) in [6.45, 7) is 3.58. The van der Waals surface area contributed by atoms with Crippen LogP contribution in [0.25, 0.3) is 0 Å². The Morgan fingerprint density at radius 3 is 2.67 bits per heavy atom. The molecule has 1 aliphatic carbocycles. The van der Waals surface area contributed by atoms with Gasteiger partial charge in [-0.1, -0.05) is 23.2 Å². The van der Waals surface area contributed by atoms with Crippen molar-refractivity contribution in [1.82, 2.24) is 10.2 Å². The Kier molecular flexibility index (Phi) is 5.25. The summed E-state index contributed by atoms with van der Waals surface area (Å²) >= 11 is 12.7. The smallest absolute Gasteiger partial charge is 0.166 e. The van der Waals surface area contributed by atoms with Crippen molar-refractivity contribution in [2.45, 2.75) is 18.6 Å². The van der Waals surface area contributed by atoms with Crippen LogP contribution in [0.4, 0.5) is 4.39 Å². The number of piperazine rings is 1. The number of nitrogens with one attached hydrogen (secondary N) is 1. The van der Waals surface area contributed by atoms with Crippen molar-refractivity contribution in [3.8, 4) is 11.8 Å². The standard InChI is InChI=1S/C20H18Cl2FN3O/c21-13-8-15-14(16(22)9-13)10-18(26-5-3-25-4-6-26)20(15)27-19-2-1-12(11-24)7-17(19)23/h1-2,7-9,18,20,25H,3-6,10H2/t18-,20-/m0/s1. The summed E-state index contributed by atoms with van der Waals surface area (Å²) in [5, 5.41) is 13.4. The first kappa shape index (κ1) is 18.5. The van der Waals surface area contributed by atoms with E-state index in [4.69, 9.17) is 33.2 Å². The molecule has 1 N–H and O–H groups in total. The predicted molar refractivity (Wildman–Crippen MR) is 103 cm³/mol. The highest BCUT2D eigenvalue weighted by atomic mass is 35.5. The lowest BCUT2D eigenvalue weighted by molar-refractivity contribution is 0.0668. The molecule has 140 valence electrons. The van der Waals surface area contributed by atoms with Crippen molar-refractivity contribution in [3.63, 3.8) is 0 Å². The molecule has 2 aliphatic rings. The quantitative estimate of drug-likeness (QED) is 0.839. The Hall–Kier alpha value is -1.84. The zero-order valence-electron chi connectivity index (χ0n) is 14.5. The first-order chi connectivity index (χ1) is 13.1. The molecule has 2 aromatic rings. The third-order valence-electron chi connectivity index (χ3n) is 5.20. The minimum Gasteiger partial charge on any atom is -0.481 e. The van der Waals surface area contributed by atoms with Crippen LogP contribution in [0.5, 0.6) is 5.75 Å². The van der Waals surface area contributed by atoms with Gasteiger partial charge in [0.2, 0.25) is 0 Å². The van der Waals surface area contributed by atoms with E-state index in [0.717, 1.165) is 43.7 Å². The van der Waals surface area contributed by atoms with E-state index >= 15 is 0 Å². The molecule has 0 bridgehead atoms. The zero-order valence-corrected chi connectivity index (χ0v) is 16.0. The summed E-state index contributed by atoms with van der Waals surface area (Å²) in [7, 11) is 0. The molecular formula is C20H18Cl2FN3O. The van der Waals surface area contributed by atoms with E-state index in [0.29, 0.717) is 10.0 Å². The van der Waals surface area contributed by atoms with Gasteiger partial charge in [0.1, 0.15) is 6.10 Å². The molecule has 0 saturated carbocycles. The number of nitriles is 1. The fourth-order valence-electron chi connectivity index (χ4n) is 3.90. The number of halogens is 3. The predicted octanol–water partition coefficient (Wildman–Crippen LogP) is 3.95. The molecule has 1 aliphatic heterocycles. The van der Waals surface area contributed by atoms with Crippen molar-refractivity contribution in [2.75, 3.05) is 26.2 Å². The van der Waals surface area contributed by atoms with Crippen LogP contribution in [0.1, 0.15) is 22.8 Å². The van der Waals surface area contributed by atoms with Gasteiger partial charge < -0.3 is 10.1 Å². The van der Waals surface area contributed by atoms with Crippen molar-refractivity contribution < 1.29 is 9.13 Å². The summed E-state index contributed by atoms with van der Waals surface area (Å²) in [6.07, 6.45) is 0.352. The number of fused-ring (bicyclic) bond motifs is 1. The molecule has 1 saturated heterocycles. The molecule has 0 spiro atoms. The highest BCUT2D eigenvalue weighted by Gasteiger charge is 2.40. The molecule has 2 atom stereocenters. The minimum absolute atomic E-state index is 0.0492. The zero-order chi connectivity index (χ0) is 19.0. The van der Waals surface area contributed by atoms with Gasteiger partial charge in [-0.2, -0.15) is 5.26 Å². The highest BCUT2D eigenvalue weighted by Crippen LogP contribution is 2.43. The van der Waals surface area contributed by atoms with Crippen LogP contribution in [0, 0.1) is 17.1 Å². The van der Waals surface area contributed by atoms with Gasteiger partial charge in [-0.3, -0.25) is 4.90 Å². The van der Waals surface area contributed by atoms with E-state index in [2.05, 4.69) is 10.2 Å². The number of hydrogen-bond donors (Lipinski definition) is 1. The molecule has 0 radical (unpaired) electrons. The van der Waals surface area contributed by atoms with E-state index in [1.54, 1.807) is 12.1 Å². The largest absolute Gasteiger partial charge is 0.481 e. The number of benzene rings is 2. The van der Waals surface area contributed by atoms with Gasteiger partial charge in [0, 0.05) is 41.8 Å². The Labute approximate surface area is 167 Å². The number of ether oxygens (including phenoxy) is 1. The van der Waals surface area contributed by atoms with Gasteiger partial charge in [-0.05, 0) is 42.3 Å². The number of rotatable bonds is 3. The lowest BCUT2D eigenvalue weighted by Gasteiger charge is -2.36. The maximum Gasteiger partial charge on any atom is 0.166 e. The van der Waals surface area contributed by atoms with Crippen molar-refractivity contribution >= 4 is 23.2 Å². The summed E-state index contributed by atoms with van der Waals surface area (Å²) in [4.78, 5) is 2.35. The molecule has 7 heteroatoms. The van der Waals surface area contributed by atoms with Crippen LogP contribution in [0.2, 0.25) is 10.0 Å². The average molecular weight is 406 g/mol. The van der Waals surface area contributed by atoms with Gasteiger partial charge in [0.25, 0.3) is 0 Å². The molecule has 4 nitrogen and oxygen atoms in total. The second-order valence-electron chi connectivity index (χ2n) is 6.81. The molecule has 0 aromatic heterocycles. The molecule has 1 fully saturated rings. The third kappa shape index (κ3) is 3.63. The van der Waals surface area contributed by atoms with Gasteiger partial charge in [0.05, 0.1) is 17.7 Å². The van der Waals surface area contributed by atoms with Gasteiger partial charge in [-0.25, -0.2) is 4.39 Å². The first-order valence-electron chi connectivity index (χ1n) is 8.85. The average Bonchev–Trinajstić information content (AvgIpc) is 3.03. The van der Waals surface area contributed by atoms with Crippen molar-refractivity contribution in [2.24, 2.45) is 0 Å². The topological polar surface area (TPSA) is 48.3 Å². The summed E-state index contributed by atoms with van der Waals surface area (Å²) < 4.78 is 20.6. The summed E-state index contributed by atoms with van der Waals surface area (Å²) in [5.41, 5.74) is 2.17. The normalized spacial score (nSPS) is 22.3. The monoisotopic (exact) mass is 405 g/mol. The second-order valence-corrected chi connectivity index (χ2v) is 7.65. The lowest BCUT2D eigenvalue weighted by Crippen LogP contribution is -2.50. The van der Waals surface area contributed by atoms with Crippen LogP contribution in [0.3, 0.4) is 0 Å². The highest BCUT2D eigenvalue weighted by molar-refractivity contribution is 6.35. The Balaban J connectivity index is 1.71. The molecule has 1 heterocycles. The third-order valence-corrected chi connectivity index (χ3v) is 5.75. The van der Waals surface area contributed by atoms with Crippen LogP contribution < -0.4 is 10.1 Å². The van der Waals surface area contributed by atoms with Crippen molar-refractivity contribution in [1.29, 1.82) is 5.26 Å². The molecular weight excluding hydrogens is 388 g/mol. The maximum absolute atomic E-state index is 14.4. The SMILES string of the molecule is N#Cc1ccc(O[C@H]2c3cc(Cl)cc(Cl)c3C[C@@H]2N2CCNCC2)c(F)c1. The van der Waals surface area contributed by atoms with E-state index in [1.165, 1.54) is 12.1 Å². The Morgan fingerprint density at radius 1 is 1.19 bits per heavy atom. The van der Waals surface area contributed by atoms with Gasteiger partial charge >= 0.3 is 0 Å². The van der Waals surface area contributed by atoms with E-state index < -0.39 is 5.82 Å². The van der Waals surface area contributed by atoms with Crippen LogP contribution >= 0.6 is 23.2 Å². The minimum atomic E-state index is -0.547. The van der Waals surface area contributed by atoms with E-state index in [9.17, 15) is 4.39 Å². The van der Waals surface area contributed by atoms with Gasteiger partial charge in [-0.15, -0.1) is 0 Å². The van der Waals surface area contributed by atoms with Crippen molar-refractivity contribution in [3.05, 3.63) is 62.9 Å². The Morgan fingerprint density at radius 2 is 1.96 bits per heavy atom. The van der Waals surface area contributed by atoms with Crippen LogP contribution in [0.15, 0.2) is 30.3 Å². The molecule has 0 unspecified atom stereocenters.